The van der Waals surface area contributed by atoms with E-state index in [2.05, 4.69) is 36.5 Å². The molecule has 8 nitrogen and oxygen atoms in total. The molecule has 5 N–H and O–H groups in total. The molecule has 1 heterocycles. The highest BCUT2D eigenvalue weighted by atomic mass is 79.9. The third-order valence-electron chi connectivity index (χ3n) is 4.46. The van der Waals surface area contributed by atoms with Crippen molar-refractivity contribution in [3.63, 3.8) is 0 Å². The van der Waals surface area contributed by atoms with E-state index in [4.69, 9.17) is 5.14 Å². The van der Waals surface area contributed by atoms with E-state index in [9.17, 15) is 13.5 Å². The number of aromatic nitrogens is 2. The van der Waals surface area contributed by atoms with E-state index in [0.29, 0.717) is 33.1 Å². The van der Waals surface area contributed by atoms with Gasteiger partial charge in [-0.3, -0.25) is 0 Å². The Morgan fingerprint density at radius 2 is 1.86 bits per heavy atom. The van der Waals surface area contributed by atoms with Crippen LogP contribution in [0.3, 0.4) is 0 Å². The molecule has 29 heavy (non-hydrogen) atoms. The maximum absolute atomic E-state index is 12.1. The summed E-state index contributed by atoms with van der Waals surface area (Å²) in [5.74, 6) is 0.862. The van der Waals surface area contributed by atoms with Crippen LogP contribution in [0.2, 0.25) is 0 Å². The zero-order valence-corrected chi connectivity index (χ0v) is 19.8. The van der Waals surface area contributed by atoms with Gasteiger partial charge < -0.3 is 15.7 Å². The van der Waals surface area contributed by atoms with Gasteiger partial charge in [-0.2, -0.15) is 4.98 Å². The van der Waals surface area contributed by atoms with Crippen LogP contribution in [-0.2, 0) is 15.4 Å². The lowest BCUT2D eigenvalue weighted by Crippen LogP contribution is -2.28. The lowest BCUT2D eigenvalue weighted by Gasteiger charge is -2.24. The average Bonchev–Trinajstić information content (AvgIpc) is 2.55. The summed E-state index contributed by atoms with van der Waals surface area (Å²) in [6, 6.07) is 3.24. The minimum Gasteiger partial charge on any atom is -0.391 e. The van der Waals surface area contributed by atoms with Gasteiger partial charge in [-0.25, -0.2) is 18.5 Å². The van der Waals surface area contributed by atoms with Crippen molar-refractivity contribution in [1.82, 2.24) is 9.97 Å². The number of aryl methyl sites for hydroxylation is 1. The second-order valence-electron chi connectivity index (χ2n) is 8.15. The number of nitrogens with one attached hydrogen (secondary N) is 2. The van der Waals surface area contributed by atoms with Crippen LogP contribution < -0.4 is 15.8 Å². The molecule has 0 bridgehead atoms. The number of anilines is 3. The molecule has 2 atom stereocenters. The summed E-state index contributed by atoms with van der Waals surface area (Å²) in [7, 11) is -3.87. The fourth-order valence-corrected chi connectivity index (χ4v) is 4.26. The van der Waals surface area contributed by atoms with Crippen molar-refractivity contribution >= 4 is 43.4 Å². The first-order valence-corrected chi connectivity index (χ1v) is 11.5. The van der Waals surface area contributed by atoms with Crippen molar-refractivity contribution in [1.29, 1.82) is 0 Å². The van der Waals surface area contributed by atoms with Crippen molar-refractivity contribution in [2.45, 2.75) is 64.0 Å². The molecule has 0 unspecified atom stereocenters. The van der Waals surface area contributed by atoms with Gasteiger partial charge in [0.1, 0.15) is 5.82 Å². The Morgan fingerprint density at radius 1 is 1.24 bits per heavy atom. The number of rotatable bonds is 6. The van der Waals surface area contributed by atoms with Crippen LogP contribution in [0.4, 0.5) is 17.5 Å². The molecular weight excluding hydrogens is 458 g/mol. The van der Waals surface area contributed by atoms with Gasteiger partial charge in [-0.05, 0) is 65.4 Å². The summed E-state index contributed by atoms with van der Waals surface area (Å²) in [4.78, 5) is 8.85. The highest BCUT2D eigenvalue weighted by molar-refractivity contribution is 9.10. The van der Waals surface area contributed by atoms with Gasteiger partial charge in [0.25, 0.3) is 0 Å². The van der Waals surface area contributed by atoms with Crippen molar-refractivity contribution in [2.24, 2.45) is 5.14 Å². The molecule has 0 spiro atoms. The first-order chi connectivity index (χ1) is 13.2. The lowest BCUT2D eigenvalue weighted by molar-refractivity contribution is 0.177. The number of nitrogens with zero attached hydrogens (tertiary/aromatic N) is 2. The van der Waals surface area contributed by atoms with Gasteiger partial charge in [-0.15, -0.1) is 0 Å². The van der Waals surface area contributed by atoms with E-state index in [1.54, 1.807) is 32.2 Å². The van der Waals surface area contributed by atoms with E-state index < -0.39 is 21.5 Å². The number of nitrogens with two attached hydrogens (primary N) is 1. The lowest BCUT2D eigenvalue weighted by atomic mass is 9.85. The number of halogens is 1. The highest BCUT2D eigenvalue weighted by Crippen LogP contribution is 2.34. The number of aliphatic hydroxyl groups excluding tert-OH is 1. The third-order valence-corrected chi connectivity index (χ3v) is 6.15. The largest absolute Gasteiger partial charge is 0.391 e. The standard InChI is InChI=1S/C19H28BrN5O3S/c1-10-7-13(8-14(19(4,5)6)16(10)29(21,27)28)24-18-22-9-15(20)17(25-18)23-11(2)12(3)26/h7-9,11-12,26H,1-6H3,(H2,21,27,28)(H2,22,23,24,25)/t11-,12-/m1/s1. The molecule has 0 aliphatic rings. The average molecular weight is 486 g/mol. The number of hydrogen-bond acceptors (Lipinski definition) is 7. The fraction of sp³-hybridized carbons (Fsp3) is 0.474. The summed E-state index contributed by atoms with van der Waals surface area (Å²) in [5, 5.41) is 21.4. The van der Waals surface area contributed by atoms with Crippen LogP contribution in [0.5, 0.6) is 0 Å². The van der Waals surface area contributed by atoms with Crippen LogP contribution in [0.1, 0.15) is 45.7 Å². The Kier molecular flexibility index (Phi) is 6.93. The van der Waals surface area contributed by atoms with Gasteiger partial charge >= 0.3 is 0 Å². The van der Waals surface area contributed by atoms with Gasteiger partial charge in [0.2, 0.25) is 16.0 Å². The van der Waals surface area contributed by atoms with Crippen LogP contribution in [0.15, 0.2) is 27.7 Å². The van der Waals surface area contributed by atoms with Crippen LogP contribution in [0, 0.1) is 6.92 Å². The SMILES string of the molecule is Cc1cc(Nc2ncc(Br)c(N[C@H](C)[C@@H](C)O)n2)cc(C(C)(C)C)c1S(N)(=O)=O. The summed E-state index contributed by atoms with van der Waals surface area (Å²) in [6.07, 6.45) is 1.04. The van der Waals surface area contributed by atoms with Crippen LogP contribution in [0.25, 0.3) is 0 Å². The van der Waals surface area contributed by atoms with Crippen molar-refractivity contribution in [2.75, 3.05) is 10.6 Å². The molecule has 160 valence electrons. The van der Waals surface area contributed by atoms with Crippen molar-refractivity contribution in [3.8, 4) is 0 Å². The van der Waals surface area contributed by atoms with Gasteiger partial charge in [0.15, 0.2) is 0 Å². The number of primary sulfonamides is 1. The number of aliphatic hydroxyl groups is 1. The quantitative estimate of drug-likeness (QED) is 0.492. The zero-order valence-electron chi connectivity index (χ0n) is 17.4. The second kappa shape index (κ2) is 8.55. The Bertz CT molecular complexity index is 1000. The predicted octanol–water partition coefficient (Wildman–Crippen LogP) is 3.42. The minimum absolute atomic E-state index is 0.139. The minimum atomic E-state index is -3.87. The molecule has 2 rings (SSSR count). The molecule has 1 aromatic heterocycles. The number of benzene rings is 1. The molecule has 0 aliphatic heterocycles. The molecular formula is C19H28BrN5O3S. The Hall–Kier alpha value is -1.75. The first kappa shape index (κ1) is 23.5. The van der Waals surface area contributed by atoms with Gasteiger partial charge in [0.05, 0.1) is 21.5 Å². The molecule has 2 aromatic rings. The highest BCUT2D eigenvalue weighted by Gasteiger charge is 2.26. The Labute approximate surface area is 180 Å². The molecule has 10 heteroatoms. The van der Waals surface area contributed by atoms with E-state index in [1.165, 1.54) is 0 Å². The summed E-state index contributed by atoms with van der Waals surface area (Å²) >= 11 is 3.40. The summed E-state index contributed by atoms with van der Waals surface area (Å²) in [5.41, 5.74) is 1.36. The van der Waals surface area contributed by atoms with Gasteiger partial charge in [0, 0.05) is 11.9 Å². The maximum Gasteiger partial charge on any atom is 0.238 e. The van der Waals surface area contributed by atoms with E-state index in [-0.39, 0.29) is 10.9 Å². The second-order valence-corrected chi connectivity index (χ2v) is 10.5. The molecule has 0 aliphatic carbocycles. The summed E-state index contributed by atoms with van der Waals surface area (Å²) in [6.45, 7) is 11.0. The Balaban J connectivity index is 2.46. The molecule has 0 saturated carbocycles. The normalized spacial score (nSPS) is 14.4. The third kappa shape index (κ3) is 5.88. The molecule has 0 radical (unpaired) electrons. The van der Waals surface area contributed by atoms with E-state index >= 15 is 0 Å². The number of hydrogen-bond donors (Lipinski definition) is 4. The fourth-order valence-electron chi connectivity index (χ4n) is 2.77. The number of sulfonamides is 1. The maximum atomic E-state index is 12.1. The zero-order chi connectivity index (χ0) is 22.1. The topological polar surface area (TPSA) is 130 Å². The van der Waals surface area contributed by atoms with Crippen LogP contribution in [-0.4, -0.2) is 35.6 Å². The predicted molar refractivity (Wildman–Crippen MR) is 119 cm³/mol. The smallest absolute Gasteiger partial charge is 0.238 e. The van der Waals surface area contributed by atoms with Gasteiger partial charge in [-0.1, -0.05) is 20.8 Å². The van der Waals surface area contributed by atoms with E-state index in [1.807, 2.05) is 27.7 Å². The first-order valence-electron chi connectivity index (χ1n) is 9.12. The Morgan fingerprint density at radius 3 is 2.38 bits per heavy atom. The van der Waals surface area contributed by atoms with Crippen molar-refractivity contribution < 1.29 is 13.5 Å². The molecule has 1 aromatic carbocycles. The molecule has 0 amide bonds. The van der Waals surface area contributed by atoms with Crippen LogP contribution >= 0.6 is 15.9 Å². The molecule has 0 fully saturated rings. The molecule has 0 saturated heterocycles. The van der Waals surface area contributed by atoms with Crippen molar-refractivity contribution in [3.05, 3.63) is 33.9 Å². The monoisotopic (exact) mass is 485 g/mol. The summed E-state index contributed by atoms with van der Waals surface area (Å²) < 4.78 is 24.9. The van der Waals surface area contributed by atoms with E-state index in [0.717, 1.165) is 0 Å².